The first-order valence-electron chi connectivity index (χ1n) is 6.28. The smallest absolute Gasteiger partial charge is 0.196 e. The van der Waals surface area contributed by atoms with Crippen LogP contribution in [0.25, 0.3) is 0 Å². The number of para-hydroxylation sites is 1. The van der Waals surface area contributed by atoms with Crippen molar-refractivity contribution in [1.82, 2.24) is 0 Å². The summed E-state index contributed by atoms with van der Waals surface area (Å²) in [6, 6.07) is 15.1. The number of hydrogen-bond acceptors (Lipinski definition) is 3. The number of anilines is 1. The van der Waals surface area contributed by atoms with Gasteiger partial charge in [0.25, 0.3) is 0 Å². The maximum Gasteiger partial charge on any atom is 0.196 e. The lowest BCUT2D eigenvalue weighted by Gasteiger charge is -2.03. The Kier molecular flexibility index (Phi) is 2.84. The summed E-state index contributed by atoms with van der Waals surface area (Å²) in [5.74, 6) is -0.0358. The lowest BCUT2D eigenvalue weighted by Crippen LogP contribution is -2.11. The van der Waals surface area contributed by atoms with Gasteiger partial charge in [0.15, 0.2) is 11.9 Å². The first-order chi connectivity index (χ1) is 9.18. The third kappa shape index (κ3) is 2.13. The van der Waals surface area contributed by atoms with Crippen LogP contribution in [0.2, 0.25) is 0 Å². The summed E-state index contributed by atoms with van der Waals surface area (Å²) in [7, 11) is 0. The Morgan fingerprint density at radius 2 is 1.79 bits per heavy atom. The highest BCUT2D eigenvalue weighted by molar-refractivity contribution is 6.05. The van der Waals surface area contributed by atoms with Gasteiger partial charge in [0.2, 0.25) is 0 Å². The molecule has 96 valence electrons. The Morgan fingerprint density at radius 3 is 2.53 bits per heavy atom. The second-order valence-electron chi connectivity index (χ2n) is 4.79. The van der Waals surface area contributed by atoms with Crippen molar-refractivity contribution >= 4 is 11.5 Å². The second-order valence-corrected chi connectivity index (χ2v) is 4.79. The van der Waals surface area contributed by atoms with Crippen molar-refractivity contribution in [2.24, 2.45) is 0 Å². The molecule has 0 radical (unpaired) electrons. The number of epoxide rings is 1. The summed E-state index contributed by atoms with van der Waals surface area (Å²) in [6.07, 6.45) is -0.529. The maximum atomic E-state index is 12.3. The molecule has 2 N–H and O–H groups in total. The van der Waals surface area contributed by atoms with Crippen molar-refractivity contribution in [2.75, 3.05) is 5.73 Å². The molecule has 0 bridgehead atoms. The standard InChI is InChI=1S/C16H15NO2/c1-10-6-2-3-7-11(10)15-16(19-15)14(18)12-8-4-5-9-13(12)17/h2-9,15-16H,17H2,1H3. The number of nitrogens with two attached hydrogens (primary N) is 1. The molecule has 1 aliphatic rings. The molecule has 19 heavy (non-hydrogen) atoms. The van der Waals surface area contributed by atoms with Crippen LogP contribution in [-0.2, 0) is 4.74 Å². The molecule has 2 aromatic carbocycles. The first-order valence-corrected chi connectivity index (χ1v) is 6.28. The maximum absolute atomic E-state index is 12.3. The molecule has 2 unspecified atom stereocenters. The van der Waals surface area contributed by atoms with E-state index in [1.54, 1.807) is 12.1 Å². The predicted octanol–water partition coefficient (Wildman–Crippen LogP) is 2.90. The van der Waals surface area contributed by atoms with Gasteiger partial charge in [0, 0.05) is 11.3 Å². The first kappa shape index (κ1) is 11.9. The van der Waals surface area contributed by atoms with Crippen LogP contribution in [0.5, 0.6) is 0 Å². The number of carbonyl (C=O) groups is 1. The zero-order valence-corrected chi connectivity index (χ0v) is 10.7. The number of nitrogen functional groups attached to an aromatic ring is 1. The van der Waals surface area contributed by atoms with Gasteiger partial charge in [-0.3, -0.25) is 4.79 Å². The Hall–Kier alpha value is -2.13. The Balaban J connectivity index is 1.83. The normalized spacial score (nSPS) is 21.1. The monoisotopic (exact) mass is 253 g/mol. The van der Waals surface area contributed by atoms with Gasteiger partial charge in [0.1, 0.15) is 6.10 Å². The average molecular weight is 253 g/mol. The van der Waals surface area contributed by atoms with Gasteiger partial charge in [-0.05, 0) is 30.2 Å². The second kappa shape index (κ2) is 4.52. The van der Waals surface area contributed by atoms with Crippen LogP contribution in [0.3, 0.4) is 0 Å². The number of ketones is 1. The Bertz CT molecular complexity index is 636. The molecule has 3 rings (SSSR count). The van der Waals surface area contributed by atoms with Gasteiger partial charge in [-0.25, -0.2) is 0 Å². The molecule has 0 saturated carbocycles. The number of carbonyl (C=O) groups excluding carboxylic acids is 1. The quantitative estimate of drug-likeness (QED) is 0.520. The number of hydrogen-bond donors (Lipinski definition) is 1. The lowest BCUT2D eigenvalue weighted by atomic mass is 9.99. The van der Waals surface area contributed by atoms with Gasteiger partial charge >= 0.3 is 0 Å². The molecule has 2 atom stereocenters. The summed E-state index contributed by atoms with van der Waals surface area (Å²) in [5.41, 5.74) is 9.10. The minimum Gasteiger partial charge on any atom is -0.398 e. The summed E-state index contributed by atoms with van der Waals surface area (Å²) in [4.78, 5) is 12.3. The molecular weight excluding hydrogens is 238 g/mol. The number of rotatable bonds is 3. The lowest BCUT2D eigenvalue weighted by molar-refractivity contribution is 0.0954. The largest absolute Gasteiger partial charge is 0.398 e. The van der Waals surface area contributed by atoms with Gasteiger partial charge in [-0.2, -0.15) is 0 Å². The van der Waals surface area contributed by atoms with E-state index in [9.17, 15) is 4.79 Å². The highest BCUT2D eigenvalue weighted by Crippen LogP contribution is 2.42. The van der Waals surface area contributed by atoms with Crippen molar-refractivity contribution in [3.05, 3.63) is 65.2 Å². The number of aryl methyl sites for hydroxylation is 1. The highest BCUT2D eigenvalue weighted by Gasteiger charge is 2.47. The van der Waals surface area contributed by atoms with Crippen molar-refractivity contribution in [2.45, 2.75) is 19.1 Å². The highest BCUT2D eigenvalue weighted by atomic mass is 16.6. The zero-order valence-electron chi connectivity index (χ0n) is 10.7. The fraction of sp³-hybridized carbons (Fsp3) is 0.188. The predicted molar refractivity (Wildman–Crippen MR) is 74.0 cm³/mol. The van der Waals surface area contributed by atoms with Crippen LogP contribution in [0.15, 0.2) is 48.5 Å². The van der Waals surface area contributed by atoms with Crippen LogP contribution in [0.4, 0.5) is 5.69 Å². The molecule has 1 saturated heterocycles. The molecule has 0 aliphatic carbocycles. The Morgan fingerprint density at radius 1 is 1.11 bits per heavy atom. The fourth-order valence-corrected chi connectivity index (χ4v) is 2.33. The van der Waals surface area contributed by atoms with Crippen LogP contribution in [-0.4, -0.2) is 11.9 Å². The summed E-state index contributed by atoms with van der Waals surface area (Å²) in [6.45, 7) is 2.02. The van der Waals surface area contributed by atoms with Gasteiger partial charge in [-0.1, -0.05) is 36.4 Å². The van der Waals surface area contributed by atoms with Gasteiger partial charge < -0.3 is 10.5 Å². The molecule has 3 nitrogen and oxygen atoms in total. The number of benzene rings is 2. The molecule has 3 heteroatoms. The summed E-state index contributed by atoms with van der Waals surface area (Å²) < 4.78 is 5.55. The molecule has 0 amide bonds. The molecule has 1 heterocycles. The van der Waals surface area contributed by atoms with E-state index in [0.717, 1.165) is 11.1 Å². The van der Waals surface area contributed by atoms with Crippen molar-refractivity contribution < 1.29 is 9.53 Å². The fourth-order valence-electron chi connectivity index (χ4n) is 2.33. The minimum absolute atomic E-state index is 0.0358. The van der Waals surface area contributed by atoms with Crippen molar-refractivity contribution in [1.29, 1.82) is 0 Å². The third-order valence-corrected chi connectivity index (χ3v) is 3.47. The summed E-state index contributed by atoms with van der Waals surface area (Å²) in [5, 5.41) is 0. The minimum atomic E-state index is -0.397. The molecular formula is C16H15NO2. The van der Waals surface area contributed by atoms with E-state index in [2.05, 4.69) is 0 Å². The van der Waals surface area contributed by atoms with E-state index in [4.69, 9.17) is 10.5 Å². The topological polar surface area (TPSA) is 55.6 Å². The van der Waals surface area contributed by atoms with E-state index >= 15 is 0 Å². The van der Waals surface area contributed by atoms with Crippen LogP contribution >= 0.6 is 0 Å². The van der Waals surface area contributed by atoms with E-state index in [1.165, 1.54) is 0 Å². The summed E-state index contributed by atoms with van der Waals surface area (Å²) >= 11 is 0. The Labute approximate surface area is 112 Å². The van der Waals surface area contributed by atoms with E-state index < -0.39 is 6.10 Å². The molecule has 0 spiro atoms. The van der Waals surface area contributed by atoms with Gasteiger partial charge in [-0.15, -0.1) is 0 Å². The van der Waals surface area contributed by atoms with Crippen molar-refractivity contribution in [3.8, 4) is 0 Å². The molecule has 2 aromatic rings. The van der Waals surface area contributed by atoms with Crippen LogP contribution in [0, 0.1) is 6.92 Å². The van der Waals surface area contributed by atoms with Crippen molar-refractivity contribution in [3.63, 3.8) is 0 Å². The number of ether oxygens (including phenoxy) is 1. The molecule has 1 fully saturated rings. The zero-order chi connectivity index (χ0) is 13.4. The molecule has 0 aromatic heterocycles. The number of Topliss-reactive ketones (excluding diaryl/α,β-unsaturated/α-hetero) is 1. The average Bonchev–Trinajstić information content (AvgIpc) is 3.19. The van der Waals surface area contributed by atoms with Crippen LogP contribution < -0.4 is 5.73 Å². The SMILES string of the molecule is Cc1ccccc1C1OC1C(=O)c1ccccc1N. The third-order valence-electron chi connectivity index (χ3n) is 3.47. The van der Waals surface area contributed by atoms with E-state index in [1.807, 2.05) is 43.3 Å². The van der Waals surface area contributed by atoms with E-state index in [0.29, 0.717) is 11.3 Å². The molecule has 1 aliphatic heterocycles. The van der Waals surface area contributed by atoms with Gasteiger partial charge in [0.05, 0.1) is 0 Å². The van der Waals surface area contributed by atoms with E-state index in [-0.39, 0.29) is 11.9 Å². The van der Waals surface area contributed by atoms with Crippen LogP contribution in [0.1, 0.15) is 27.6 Å².